The largest absolute Gasteiger partial charge is 0.380 e. The molecule has 8 heteroatoms. The molecular formula is C12H16N4O4. The molecule has 1 aromatic rings. The summed E-state index contributed by atoms with van der Waals surface area (Å²) >= 11 is 0. The van der Waals surface area contributed by atoms with Crippen LogP contribution in [-0.4, -0.2) is 42.0 Å². The lowest BCUT2D eigenvalue weighted by Crippen LogP contribution is -2.34. The Labute approximate surface area is 115 Å². The van der Waals surface area contributed by atoms with Gasteiger partial charge in [-0.25, -0.2) is 0 Å². The van der Waals surface area contributed by atoms with Crippen LogP contribution in [0.25, 0.3) is 0 Å². The average Bonchev–Trinajstić information content (AvgIpc) is 2.74. The third-order valence-electron chi connectivity index (χ3n) is 3.12. The number of nitro groups is 1. The van der Waals surface area contributed by atoms with Crippen LogP contribution in [0.4, 0.5) is 11.4 Å². The Morgan fingerprint density at radius 3 is 2.90 bits per heavy atom. The van der Waals surface area contributed by atoms with Crippen molar-refractivity contribution in [3.8, 4) is 0 Å². The van der Waals surface area contributed by atoms with Crippen LogP contribution in [0.2, 0.25) is 0 Å². The Balaban J connectivity index is 2.33. The van der Waals surface area contributed by atoms with Gasteiger partial charge in [0.25, 0.3) is 11.6 Å². The highest BCUT2D eigenvalue weighted by molar-refractivity contribution is 6.01. The maximum atomic E-state index is 12.5. The molecule has 0 bridgehead atoms. The van der Waals surface area contributed by atoms with Crippen molar-refractivity contribution in [3.05, 3.63) is 33.9 Å². The molecule has 0 radical (unpaired) electrons. The van der Waals surface area contributed by atoms with E-state index in [4.69, 9.17) is 10.6 Å². The molecule has 1 aromatic carbocycles. The maximum Gasteiger partial charge on any atom is 0.294 e. The smallest absolute Gasteiger partial charge is 0.294 e. The molecule has 3 N–H and O–H groups in total. The number of hydrogen-bond acceptors (Lipinski definition) is 6. The van der Waals surface area contributed by atoms with Gasteiger partial charge in [-0.3, -0.25) is 20.8 Å². The summed E-state index contributed by atoms with van der Waals surface area (Å²) in [5, 5.41) is 11.0. The molecule has 1 heterocycles. The van der Waals surface area contributed by atoms with E-state index >= 15 is 0 Å². The third kappa shape index (κ3) is 2.86. The van der Waals surface area contributed by atoms with E-state index in [1.54, 1.807) is 4.90 Å². The van der Waals surface area contributed by atoms with E-state index in [-0.39, 0.29) is 22.8 Å². The Morgan fingerprint density at radius 1 is 1.40 bits per heavy atom. The molecule has 0 spiro atoms. The molecule has 0 aromatic heterocycles. The lowest BCUT2D eigenvalue weighted by molar-refractivity contribution is -0.384. The molecule has 8 nitrogen and oxygen atoms in total. The van der Waals surface area contributed by atoms with Crippen LogP contribution in [0.5, 0.6) is 0 Å². The fraction of sp³-hybridized carbons (Fsp3) is 0.417. The minimum absolute atomic E-state index is 0.0349. The monoisotopic (exact) mass is 280 g/mol. The summed E-state index contributed by atoms with van der Waals surface area (Å²) in [6.07, 6.45) is 0.742. The molecule has 0 unspecified atom stereocenters. The Morgan fingerprint density at radius 2 is 2.20 bits per heavy atom. The van der Waals surface area contributed by atoms with Crippen molar-refractivity contribution in [3.63, 3.8) is 0 Å². The SMILES string of the molecule is NNc1c(C(=O)N2CCCOCC2)cccc1[N+](=O)[O-]. The van der Waals surface area contributed by atoms with E-state index in [1.165, 1.54) is 18.2 Å². The molecule has 20 heavy (non-hydrogen) atoms. The van der Waals surface area contributed by atoms with E-state index in [0.29, 0.717) is 26.3 Å². The highest BCUT2D eigenvalue weighted by Crippen LogP contribution is 2.28. The number of amides is 1. The van der Waals surface area contributed by atoms with Crippen LogP contribution in [0.15, 0.2) is 18.2 Å². The number of anilines is 1. The fourth-order valence-electron chi connectivity index (χ4n) is 2.14. The summed E-state index contributed by atoms with van der Waals surface area (Å²) in [6.45, 7) is 2.10. The van der Waals surface area contributed by atoms with Gasteiger partial charge < -0.3 is 15.1 Å². The van der Waals surface area contributed by atoms with Crippen LogP contribution in [0, 0.1) is 10.1 Å². The summed E-state index contributed by atoms with van der Waals surface area (Å²) in [6, 6.07) is 4.30. The molecule has 1 amide bonds. The number of nitrogens with zero attached hydrogens (tertiary/aromatic N) is 2. The van der Waals surface area contributed by atoms with Gasteiger partial charge in [0.1, 0.15) is 5.69 Å². The second-order valence-electron chi connectivity index (χ2n) is 4.36. The van der Waals surface area contributed by atoms with Crippen molar-refractivity contribution < 1.29 is 14.5 Å². The van der Waals surface area contributed by atoms with Gasteiger partial charge in [0.15, 0.2) is 0 Å². The normalized spacial score (nSPS) is 15.6. The Kier molecular flexibility index (Phi) is 4.49. The van der Waals surface area contributed by atoms with Crippen LogP contribution in [0.3, 0.4) is 0 Å². The van der Waals surface area contributed by atoms with Gasteiger partial charge in [-0.2, -0.15) is 0 Å². The second kappa shape index (κ2) is 6.31. The zero-order valence-corrected chi connectivity index (χ0v) is 10.9. The van der Waals surface area contributed by atoms with Crippen molar-refractivity contribution in [2.45, 2.75) is 6.42 Å². The van der Waals surface area contributed by atoms with E-state index < -0.39 is 4.92 Å². The highest BCUT2D eigenvalue weighted by Gasteiger charge is 2.25. The van der Waals surface area contributed by atoms with Gasteiger partial charge in [-0.05, 0) is 12.5 Å². The van der Waals surface area contributed by atoms with Crippen LogP contribution in [0.1, 0.15) is 16.8 Å². The third-order valence-corrected chi connectivity index (χ3v) is 3.12. The summed E-state index contributed by atoms with van der Waals surface area (Å²) in [5.74, 6) is 5.05. The molecule has 0 saturated carbocycles. The number of rotatable bonds is 3. The minimum Gasteiger partial charge on any atom is -0.380 e. The number of hydrogen-bond donors (Lipinski definition) is 2. The number of carbonyl (C=O) groups excluding carboxylic acids is 1. The second-order valence-corrected chi connectivity index (χ2v) is 4.36. The van der Waals surface area contributed by atoms with Crippen LogP contribution < -0.4 is 11.3 Å². The van der Waals surface area contributed by atoms with Crippen LogP contribution >= 0.6 is 0 Å². The van der Waals surface area contributed by atoms with E-state index in [9.17, 15) is 14.9 Å². The molecule has 0 atom stereocenters. The molecule has 1 aliphatic heterocycles. The number of hydrazine groups is 1. The molecule has 1 fully saturated rings. The fourth-order valence-corrected chi connectivity index (χ4v) is 2.14. The summed E-state index contributed by atoms with van der Waals surface area (Å²) in [7, 11) is 0. The molecule has 0 aliphatic carbocycles. The predicted octanol–water partition coefficient (Wildman–Crippen LogP) is 0.743. The topological polar surface area (TPSA) is 111 Å². The summed E-state index contributed by atoms with van der Waals surface area (Å²) in [4.78, 5) is 24.5. The number of carbonyl (C=O) groups is 1. The van der Waals surface area contributed by atoms with Gasteiger partial charge in [-0.15, -0.1) is 0 Å². The van der Waals surface area contributed by atoms with Crippen molar-refractivity contribution in [1.82, 2.24) is 4.90 Å². The zero-order valence-electron chi connectivity index (χ0n) is 10.9. The molecule has 1 aliphatic rings. The first-order valence-electron chi connectivity index (χ1n) is 6.26. The van der Waals surface area contributed by atoms with Crippen molar-refractivity contribution in [1.29, 1.82) is 0 Å². The van der Waals surface area contributed by atoms with Gasteiger partial charge in [0, 0.05) is 25.8 Å². The number of benzene rings is 1. The molecule has 108 valence electrons. The number of para-hydroxylation sites is 1. The number of ether oxygens (including phenoxy) is 1. The van der Waals surface area contributed by atoms with E-state index in [1.807, 2.05) is 0 Å². The first-order chi connectivity index (χ1) is 9.65. The molecule has 1 saturated heterocycles. The minimum atomic E-state index is -0.572. The van der Waals surface area contributed by atoms with Crippen LogP contribution in [-0.2, 0) is 4.74 Å². The van der Waals surface area contributed by atoms with E-state index in [2.05, 4.69) is 5.43 Å². The summed E-state index contributed by atoms with van der Waals surface area (Å²) in [5.41, 5.74) is 2.28. The average molecular weight is 280 g/mol. The van der Waals surface area contributed by atoms with Crippen molar-refractivity contribution in [2.75, 3.05) is 31.7 Å². The number of nitrogens with one attached hydrogen (secondary N) is 1. The lowest BCUT2D eigenvalue weighted by Gasteiger charge is -2.20. The van der Waals surface area contributed by atoms with Gasteiger partial charge in [0.05, 0.1) is 17.1 Å². The summed E-state index contributed by atoms with van der Waals surface area (Å²) < 4.78 is 5.29. The highest BCUT2D eigenvalue weighted by atomic mass is 16.6. The number of nitrogens with two attached hydrogens (primary N) is 1. The Hall–Kier alpha value is -2.19. The first kappa shape index (κ1) is 14.2. The van der Waals surface area contributed by atoms with Gasteiger partial charge in [0.2, 0.25) is 0 Å². The standard InChI is InChI=1S/C12H16N4O4/c13-14-11-9(3-1-4-10(11)16(18)19)12(17)15-5-2-7-20-8-6-15/h1,3-4,14H,2,5-8,13H2. The van der Waals surface area contributed by atoms with Crippen molar-refractivity contribution >= 4 is 17.3 Å². The number of nitrogen functional groups attached to an aromatic ring is 1. The lowest BCUT2D eigenvalue weighted by atomic mass is 10.1. The quantitative estimate of drug-likeness (QED) is 0.480. The van der Waals surface area contributed by atoms with Gasteiger partial charge >= 0.3 is 0 Å². The first-order valence-corrected chi connectivity index (χ1v) is 6.26. The molecular weight excluding hydrogens is 264 g/mol. The van der Waals surface area contributed by atoms with Crippen molar-refractivity contribution in [2.24, 2.45) is 5.84 Å². The predicted molar refractivity (Wildman–Crippen MR) is 72.2 cm³/mol. The van der Waals surface area contributed by atoms with E-state index in [0.717, 1.165) is 6.42 Å². The Bertz CT molecular complexity index is 512. The number of nitro benzene ring substituents is 1. The molecule has 2 rings (SSSR count). The maximum absolute atomic E-state index is 12.5. The zero-order chi connectivity index (χ0) is 14.5. The van der Waals surface area contributed by atoms with Gasteiger partial charge in [-0.1, -0.05) is 6.07 Å².